The van der Waals surface area contributed by atoms with Crippen LogP contribution >= 0.6 is 0 Å². The molecule has 0 saturated heterocycles. The first-order valence-corrected chi connectivity index (χ1v) is 7.20. The average Bonchev–Trinajstić information content (AvgIpc) is 2.42. The van der Waals surface area contributed by atoms with Gasteiger partial charge in [0, 0.05) is 6.07 Å². The van der Waals surface area contributed by atoms with E-state index in [0.717, 1.165) is 6.07 Å². The predicted molar refractivity (Wildman–Crippen MR) is 72.7 cm³/mol. The minimum Gasteiger partial charge on any atom is -0.481 e. The van der Waals surface area contributed by atoms with Crippen molar-refractivity contribution in [3.63, 3.8) is 0 Å². The highest BCUT2D eigenvalue weighted by Crippen LogP contribution is 2.19. The number of anilines is 1. The van der Waals surface area contributed by atoms with E-state index >= 15 is 0 Å². The Hall–Kier alpha value is -2.15. The molecule has 1 aromatic heterocycles. The number of nitrogens with one attached hydrogen (secondary N) is 1. The molecule has 1 heterocycles. The van der Waals surface area contributed by atoms with Crippen LogP contribution in [0.4, 0.5) is 10.1 Å². The summed E-state index contributed by atoms with van der Waals surface area (Å²) in [6.45, 7) is 1.50. The van der Waals surface area contributed by atoms with Crippen LogP contribution in [0.1, 0.15) is 5.56 Å². The molecule has 2 rings (SSSR count). The second kappa shape index (κ2) is 5.46. The molecule has 0 atom stereocenters. The maximum absolute atomic E-state index is 13.2. The number of benzene rings is 1. The third kappa shape index (κ3) is 3.05. The highest BCUT2D eigenvalue weighted by atomic mass is 32.2. The molecule has 0 radical (unpaired) electrons. The number of methoxy groups -OCH3 is 1. The first-order valence-electron chi connectivity index (χ1n) is 5.71. The van der Waals surface area contributed by atoms with Gasteiger partial charge in [-0.3, -0.25) is 4.72 Å². The summed E-state index contributed by atoms with van der Waals surface area (Å²) in [5.74, 6) is -0.0689. The number of halogens is 1. The van der Waals surface area contributed by atoms with Crippen molar-refractivity contribution in [2.24, 2.45) is 0 Å². The summed E-state index contributed by atoms with van der Waals surface area (Å²) < 4.78 is 44.7. The number of rotatable bonds is 4. The first-order chi connectivity index (χ1) is 9.42. The summed E-state index contributed by atoms with van der Waals surface area (Å²) in [5.41, 5.74) is 0.563. The van der Waals surface area contributed by atoms with E-state index in [2.05, 4.69) is 9.71 Å². The predicted octanol–water partition coefficient (Wildman–Crippen LogP) is 2.34. The second-order valence-electron chi connectivity index (χ2n) is 4.11. The normalized spacial score (nSPS) is 11.2. The zero-order valence-corrected chi connectivity index (χ0v) is 11.7. The van der Waals surface area contributed by atoms with Crippen molar-refractivity contribution in [2.45, 2.75) is 11.8 Å². The molecule has 0 aliphatic carbocycles. The quantitative estimate of drug-likeness (QED) is 0.940. The van der Waals surface area contributed by atoms with Crippen molar-refractivity contribution >= 4 is 15.7 Å². The van der Waals surface area contributed by atoms with Gasteiger partial charge >= 0.3 is 0 Å². The van der Waals surface area contributed by atoms with Crippen LogP contribution < -0.4 is 9.46 Å². The van der Waals surface area contributed by atoms with Gasteiger partial charge in [0.05, 0.1) is 23.9 Å². The van der Waals surface area contributed by atoms with E-state index in [4.69, 9.17) is 4.74 Å². The summed E-state index contributed by atoms with van der Waals surface area (Å²) in [6.07, 6.45) is 1.34. The number of sulfonamides is 1. The molecule has 20 heavy (non-hydrogen) atoms. The van der Waals surface area contributed by atoms with Crippen molar-refractivity contribution in [3.05, 3.63) is 47.9 Å². The zero-order valence-electron chi connectivity index (χ0n) is 10.9. The third-order valence-electron chi connectivity index (χ3n) is 2.64. The monoisotopic (exact) mass is 296 g/mol. The fraction of sp³-hybridized carbons (Fsp3) is 0.154. The highest BCUT2D eigenvalue weighted by Gasteiger charge is 2.15. The maximum Gasteiger partial charge on any atom is 0.261 e. The van der Waals surface area contributed by atoms with Crippen LogP contribution in [-0.4, -0.2) is 20.5 Å². The molecule has 0 spiro atoms. The summed E-state index contributed by atoms with van der Waals surface area (Å²) in [7, 11) is -2.30. The molecular formula is C13H13FN2O3S. The van der Waals surface area contributed by atoms with Crippen LogP contribution in [-0.2, 0) is 10.0 Å². The van der Waals surface area contributed by atoms with Crippen LogP contribution in [0.3, 0.4) is 0 Å². The van der Waals surface area contributed by atoms with Crippen LogP contribution in [0, 0.1) is 12.7 Å². The molecule has 0 fully saturated rings. The standard InChI is InChI=1S/C13H13FN2O3S/c1-9-7-11(4-5-12(9)14)20(17,18)16-10-3-6-13(19-2)15-8-10/h3-8,16H,1-2H3. The van der Waals surface area contributed by atoms with Gasteiger partial charge < -0.3 is 4.74 Å². The SMILES string of the molecule is COc1ccc(NS(=O)(=O)c2ccc(F)c(C)c2)cn1. The molecule has 0 aliphatic rings. The Morgan fingerprint density at radius 2 is 2.00 bits per heavy atom. The third-order valence-corrected chi connectivity index (χ3v) is 4.02. The summed E-state index contributed by atoms with van der Waals surface area (Å²) >= 11 is 0. The van der Waals surface area contributed by atoms with Crippen molar-refractivity contribution < 1.29 is 17.5 Å². The summed E-state index contributed by atoms with van der Waals surface area (Å²) in [6, 6.07) is 6.67. The summed E-state index contributed by atoms with van der Waals surface area (Å²) in [4.78, 5) is 3.89. The smallest absolute Gasteiger partial charge is 0.261 e. The number of aromatic nitrogens is 1. The second-order valence-corrected chi connectivity index (χ2v) is 5.79. The Morgan fingerprint density at radius 3 is 2.55 bits per heavy atom. The molecule has 1 N–H and O–H groups in total. The number of aryl methyl sites for hydroxylation is 1. The molecule has 0 bridgehead atoms. The molecule has 0 saturated carbocycles. The number of pyridine rings is 1. The Kier molecular flexibility index (Phi) is 3.89. The van der Waals surface area contributed by atoms with Gasteiger partial charge in [-0.15, -0.1) is 0 Å². The zero-order chi connectivity index (χ0) is 14.8. The molecule has 5 nitrogen and oxygen atoms in total. The largest absolute Gasteiger partial charge is 0.481 e. The minimum atomic E-state index is -3.77. The topological polar surface area (TPSA) is 68.3 Å². The Morgan fingerprint density at radius 1 is 1.25 bits per heavy atom. The molecule has 0 aliphatic heterocycles. The van der Waals surface area contributed by atoms with Crippen molar-refractivity contribution in [3.8, 4) is 5.88 Å². The van der Waals surface area contributed by atoms with Gasteiger partial charge in [-0.25, -0.2) is 17.8 Å². The van der Waals surface area contributed by atoms with Gasteiger partial charge in [-0.2, -0.15) is 0 Å². The molecule has 7 heteroatoms. The lowest BCUT2D eigenvalue weighted by molar-refractivity contribution is 0.398. The van der Waals surface area contributed by atoms with Gasteiger partial charge in [0.2, 0.25) is 5.88 Å². The minimum absolute atomic E-state index is 0.00721. The van der Waals surface area contributed by atoms with E-state index in [1.54, 1.807) is 0 Å². The van der Waals surface area contributed by atoms with Crippen molar-refractivity contribution in [1.82, 2.24) is 4.98 Å². The number of ether oxygens (including phenoxy) is 1. The Labute approximate surface area is 116 Å². The summed E-state index contributed by atoms with van der Waals surface area (Å²) in [5, 5.41) is 0. The van der Waals surface area contributed by atoms with E-state index in [-0.39, 0.29) is 10.5 Å². The number of hydrogen-bond donors (Lipinski definition) is 1. The molecule has 2 aromatic rings. The van der Waals surface area contributed by atoms with Crippen LogP contribution in [0.5, 0.6) is 5.88 Å². The molecule has 0 unspecified atom stereocenters. The van der Waals surface area contributed by atoms with Crippen LogP contribution in [0.2, 0.25) is 0 Å². The molecule has 106 valence electrons. The molecule has 0 amide bonds. The first kappa shape index (κ1) is 14.3. The van der Waals surface area contributed by atoms with Gasteiger partial charge in [0.1, 0.15) is 5.82 Å². The lowest BCUT2D eigenvalue weighted by Gasteiger charge is -2.09. The van der Waals surface area contributed by atoms with Gasteiger partial charge in [-0.05, 0) is 36.8 Å². The fourth-order valence-electron chi connectivity index (χ4n) is 1.56. The van der Waals surface area contributed by atoms with Gasteiger partial charge in [0.25, 0.3) is 10.0 Å². The highest BCUT2D eigenvalue weighted by molar-refractivity contribution is 7.92. The van der Waals surface area contributed by atoms with E-state index in [1.165, 1.54) is 44.5 Å². The van der Waals surface area contributed by atoms with E-state index in [9.17, 15) is 12.8 Å². The Balaban J connectivity index is 2.27. The maximum atomic E-state index is 13.2. The van der Waals surface area contributed by atoms with Crippen molar-refractivity contribution in [2.75, 3.05) is 11.8 Å². The molecular weight excluding hydrogens is 283 g/mol. The van der Waals surface area contributed by atoms with Crippen LogP contribution in [0.25, 0.3) is 0 Å². The number of hydrogen-bond acceptors (Lipinski definition) is 4. The van der Waals surface area contributed by atoms with E-state index < -0.39 is 15.8 Å². The Bertz CT molecular complexity index is 715. The lowest BCUT2D eigenvalue weighted by Crippen LogP contribution is -2.13. The average molecular weight is 296 g/mol. The fourth-order valence-corrected chi connectivity index (χ4v) is 2.69. The van der Waals surface area contributed by atoms with Crippen LogP contribution in [0.15, 0.2) is 41.4 Å². The lowest BCUT2D eigenvalue weighted by atomic mass is 10.2. The van der Waals surface area contributed by atoms with Gasteiger partial charge in [-0.1, -0.05) is 0 Å². The van der Waals surface area contributed by atoms with E-state index in [1.807, 2.05) is 0 Å². The van der Waals surface area contributed by atoms with Crippen molar-refractivity contribution in [1.29, 1.82) is 0 Å². The number of nitrogens with zero attached hydrogens (tertiary/aromatic N) is 1. The van der Waals surface area contributed by atoms with Gasteiger partial charge in [0.15, 0.2) is 0 Å². The van der Waals surface area contributed by atoms with E-state index in [0.29, 0.717) is 11.6 Å². The molecule has 1 aromatic carbocycles.